The molecule has 23 heavy (non-hydrogen) atoms. The maximum Gasteiger partial charge on any atom is 0.227 e. The van der Waals surface area contributed by atoms with E-state index in [1.807, 2.05) is 29.2 Å². The zero-order chi connectivity index (χ0) is 16.2. The predicted molar refractivity (Wildman–Crippen MR) is 91.5 cm³/mol. The van der Waals surface area contributed by atoms with Crippen LogP contribution in [0.3, 0.4) is 0 Å². The number of carbonyl (C=O) groups excluding carboxylic acids is 2. The molecule has 0 aliphatic carbocycles. The van der Waals surface area contributed by atoms with Gasteiger partial charge < -0.3 is 15.1 Å². The van der Waals surface area contributed by atoms with E-state index < -0.39 is 0 Å². The lowest BCUT2D eigenvalue weighted by Gasteiger charge is -2.28. The van der Waals surface area contributed by atoms with Crippen LogP contribution in [0, 0.1) is 5.92 Å². The molecule has 3 rings (SSSR count). The molecule has 5 heteroatoms. The van der Waals surface area contributed by atoms with E-state index >= 15 is 0 Å². The molecule has 0 spiro atoms. The Morgan fingerprint density at radius 2 is 1.87 bits per heavy atom. The van der Waals surface area contributed by atoms with E-state index in [4.69, 9.17) is 0 Å². The number of nitrogens with one attached hydrogen (secondary N) is 1. The highest BCUT2D eigenvalue weighted by Gasteiger charge is 2.22. The highest BCUT2D eigenvalue weighted by atomic mass is 16.2. The average molecular weight is 315 g/mol. The molecule has 2 amide bonds. The van der Waals surface area contributed by atoms with Crippen LogP contribution in [0.2, 0.25) is 0 Å². The van der Waals surface area contributed by atoms with E-state index in [0.29, 0.717) is 18.8 Å². The number of hydrogen-bond donors (Lipinski definition) is 1. The molecule has 0 atom stereocenters. The smallest absolute Gasteiger partial charge is 0.227 e. The minimum absolute atomic E-state index is 0.0875. The topological polar surface area (TPSA) is 52.7 Å². The highest BCUT2D eigenvalue weighted by molar-refractivity contribution is 5.96. The summed E-state index contributed by atoms with van der Waals surface area (Å²) < 4.78 is 0. The fourth-order valence-corrected chi connectivity index (χ4v) is 3.39. The zero-order valence-electron chi connectivity index (χ0n) is 13.8. The summed E-state index contributed by atoms with van der Waals surface area (Å²) in [5.41, 5.74) is 1.72. The number of amides is 2. The maximum absolute atomic E-state index is 12.2. The largest absolute Gasteiger partial charge is 0.326 e. The Kier molecular flexibility index (Phi) is 4.96. The Morgan fingerprint density at radius 1 is 1.17 bits per heavy atom. The maximum atomic E-state index is 12.2. The molecule has 5 nitrogen and oxygen atoms in total. The van der Waals surface area contributed by atoms with Gasteiger partial charge in [0.15, 0.2) is 0 Å². The van der Waals surface area contributed by atoms with Gasteiger partial charge in [-0.1, -0.05) is 0 Å². The molecule has 0 radical (unpaired) electrons. The van der Waals surface area contributed by atoms with Crippen molar-refractivity contribution in [3.05, 3.63) is 24.3 Å². The number of benzene rings is 1. The van der Waals surface area contributed by atoms with Gasteiger partial charge in [-0.3, -0.25) is 9.59 Å². The standard InChI is InChI=1S/C18H25N3O2/c1-20-11-8-14(9-12-20)13-17(22)19-15-4-6-16(7-5-15)21-10-2-3-18(21)23/h4-7,14H,2-3,8-13H2,1H3,(H,19,22). The first-order valence-corrected chi connectivity index (χ1v) is 8.50. The van der Waals surface area contributed by atoms with Crippen LogP contribution in [0.1, 0.15) is 32.1 Å². The highest BCUT2D eigenvalue weighted by Crippen LogP contribution is 2.24. The van der Waals surface area contributed by atoms with Gasteiger partial charge in [0.25, 0.3) is 0 Å². The molecule has 0 bridgehead atoms. The Labute approximate surface area is 137 Å². The van der Waals surface area contributed by atoms with Crippen molar-refractivity contribution >= 4 is 23.2 Å². The van der Waals surface area contributed by atoms with Crippen LogP contribution in [-0.4, -0.2) is 43.4 Å². The molecule has 0 saturated carbocycles. The van der Waals surface area contributed by atoms with Crippen molar-refractivity contribution < 1.29 is 9.59 Å². The summed E-state index contributed by atoms with van der Waals surface area (Å²) in [6.45, 7) is 2.95. The molecule has 1 aromatic carbocycles. The lowest BCUT2D eigenvalue weighted by Crippen LogP contribution is -2.31. The van der Waals surface area contributed by atoms with Gasteiger partial charge in [-0.15, -0.1) is 0 Å². The molecule has 2 fully saturated rings. The molecule has 0 unspecified atom stereocenters. The van der Waals surface area contributed by atoms with Gasteiger partial charge in [-0.05, 0) is 69.6 Å². The Balaban J connectivity index is 1.51. The van der Waals surface area contributed by atoms with Gasteiger partial charge in [0.1, 0.15) is 0 Å². The van der Waals surface area contributed by atoms with E-state index in [-0.39, 0.29) is 11.8 Å². The Morgan fingerprint density at radius 3 is 2.48 bits per heavy atom. The van der Waals surface area contributed by atoms with Gasteiger partial charge in [0.2, 0.25) is 11.8 Å². The van der Waals surface area contributed by atoms with E-state index in [1.165, 1.54) is 0 Å². The summed E-state index contributed by atoms with van der Waals surface area (Å²) in [6, 6.07) is 7.59. The van der Waals surface area contributed by atoms with Crippen molar-refractivity contribution in [1.29, 1.82) is 0 Å². The quantitative estimate of drug-likeness (QED) is 0.929. The third kappa shape index (κ3) is 4.10. The number of hydrogen-bond acceptors (Lipinski definition) is 3. The second kappa shape index (κ2) is 7.13. The van der Waals surface area contributed by atoms with Crippen LogP contribution in [0.5, 0.6) is 0 Å². The fraction of sp³-hybridized carbons (Fsp3) is 0.556. The van der Waals surface area contributed by atoms with Gasteiger partial charge in [-0.2, -0.15) is 0 Å². The molecule has 2 saturated heterocycles. The fourth-order valence-electron chi connectivity index (χ4n) is 3.39. The van der Waals surface area contributed by atoms with E-state index in [2.05, 4.69) is 17.3 Å². The van der Waals surface area contributed by atoms with Crippen LogP contribution in [0.15, 0.2) is 24.3 Å². The third-order valence-corrected chi connectivity index (χ3v) is 4.85. The summed E-state index contributed by atoms with van der Waals surface area (Å²) in [7, 11) is 2.13. The first-order chi connectivity index (χ1) is 11.1. The summed E-state index contributed by atoms with van der Waals surface area (Å²) in [5, 5.41) is 2.97. The first kappa shape index (κ1) is 16.0. The number of anilines is 2. The minimum atomic E-state index is 0.0875. The number of nitrogens with zero attached hydrogens (tertiary/aromatic N) is 2. The normalized spacial score (nSPS) is 20.0. The number of rotatable bonds is 4. The van der Waals surface area contributed by atoms with E-state index in [1.54, 1.807) is 0 Å². The lowest BCUT2D eigenvalue weighted by molar-refractivity contribution is -0.118. The van der Waals surface area contributed by atoms with Gasteiger partial charge in [0, 0.05) is 30.8 Å². The molecule has 1 N–H and O–H groups in total. The second-order valence-corrected chi connectivity index (χ2v) is 6.69. The molecule has 1 aromatic rings. The predicted octanol–water partition coefficient (Wildman–Crippen LogP) is 2.48. The molecule has 2 heterocycles. The molecule has 0 aromatic heterocycles. The van der Waals surface area contributed by atoms with Crippen LogP contribution < -0.4 is 10.2 Å². The van der Waals surface area contributed by atoms with Crippen LogP contribution in [0.4, 0.5) is 11.4 Å². The number of carbonyl (C=O) groups is 2. The van der Waals surface area contributed by atoms with Gasteiger partial charge >= 0.3 is 0 Å². The number of piperidine rings is 1. The van der Waals surface area contributed by atoms with E-state index in [9.17, 15) is 9.59 Å². The summed E-state index contributed by atoms with van der Waals surface area (Å²) >= 11 is 0. The molecular formula is C18H25N3O2. The van der Waals surface area contributed by atoms with Crippen molar-refractivity contribution in [2.24, 2.45) is 5.92 Å². The summed E-state index contributed by atoms with van der Waals surface area (Å²) in [5.74, 6) is 0.765. The van der Waals surface area contributed by atoms with E-state index in [0.717, 1.165) is 50.3 Å². The number of likely N-dealkylation sites (tertiary alicyclic amines) is 1. The summed E-state index contributed by atoms with van der Waals surface area (Å²) in [4.78, 5) is 28.0. The Bertz CT molecular complexity index is 562. The summed E-state index contributed by atoms with van der Waals surface area (Å²) in [6.07, 6.45) is 4.35. The van der Waals surface area contributed by atoms with Crippen molar-refractivity contribution in [2.45, 2.75) is 32.1 Å². The van der Waals surface area contributed by atoms with Crippen LogP contribution in [-0.2, 0) is 9.59 Å². The molecule has 124 valence electrons. The average Bonchev–Trinajstić information content (AvgIpc) is 2.96. The van der Waals surface area contributed by atoms with Crippen LogP contribution in [0.25, 0.3) is 0 Å². The Hall–Kier alpha value is -1.88. The van der Waals surface area contributed by atoms with Crippen molar-refractivity contribution in [3.63, 3.8) is 0 Å². The minimum Gasteiger partial charge on any atom is -0.326 e. The monoisotopic (exact) mass is 315 g/mol. The zero-order valence-corrected chi connectivity index (χ0v) is 13.8. The van der Waals surface area contributed by atoms with Crippen molar-refractivity contribution in [1.82, 2.24) is 4.90 Å². The SMILES string of the molecule is CN1CCC(CC(=O)Nc2ccc(N3CCCC3=O)cc2)CC1. The van der Waals surface area contributed by atoms with Crippen LogP contribution >= 0.6 is 0 Å². The van der Waals surface area contributed by atoms with Gasteiger partial charge in [-0.25, -0.2) is 0 Å². The third-order valence-electron chi connectivity index (χ3n) is 4.85. The van der Waals surface area contributed by atoms with Crippen molar-refractivity contribution in [2.75, 3.05) is 36.9 Å². The van der Waals surface area contributed by atoms with Crippen molar-refractivity contribution in [3.8, 4) is 0 Å². The second-order valence-electron chi connectivity index (χ2n) is 6.69. The van der Waals surface area contributed by atoms with Gasteiger partial charge in [0.05, 0.1) is 0 Å². The molecule has 2 aliphatic rings. The lowest BCUT2D eigenvalue weighted by atomic mass is 9.93. The first-order valence-electron chi connectivity index (χ1n) is 8.50. The molecule has 2 aliphatic heterocycles. The molecular weight excluding hydrogens is 290 g/mol.